The van der Waals surface area contributed by atoms with Crippen molar-refractivity contribution in [3.63, 3.8) is 0 Å². The third-order valence-corrected chi connectivity index (χ3v) is 2.22. The second-order valence-electron chi connectivity index (χ2n) is 2.61. The van der Waals surface area contributed by atoms with Crippen LogP contribution in [0.25, 0.3) is 0 Å². The van der Waals surface area contributed by atoms with Crippen LogP contribution in [0, 0.1) is 0 Å². The summed E-state index contributed by atoms with van der Waals surface area (Å²) in [7, 11) is 1.92. The number of aromatic nitrogens is 1. The van der Waals surface area contributed by atoms with Crippen LogP contribution in [0.2, 0.25) is 0 Å². The monoisotopic (exact) mass is 186 g/mol. The molecule has 0 radical (unpaired) electrons. The molecular weight excluding hydrogens is 172 g/mol. The predicted molar refractivity (Wildman–Crippen MR) is 50.3 cm³/mol. The zero-order valence-electron chi connectivity index (χ0n) is 7.41. The maximum Gasteiger partial charge on any atom is 0.118 e. The highest BCUT2D eigenvalue weighted by Gasteiger charge is 2.01. The molecule has 1 aromatic heterocycles. The second-order valence-corrected chi connectivity index (χ2v) is 3.58. The third-order valence-electron chi connectivity index (χ3n) is 1.47. The van der Waals surface area contributed by atoms with E-state index in [9.17, 15) is 0 Å². The minimum absolute atomic E-state index is 0.249. The molecule has 1 unspecified atom stereocenters. The number of hydrogen-bond donors (Lipinski definition) is 1. The van der Waals surface area contributed by atoms with Crippen molar-refractivity contribution >= 4 is 11.3 Å². The SMILES string of the molecule is CNCC(C)OCc1nccs1. The Bertz CT molecular complexity index is 201. The highest BCUT2D eigenvalue weighted by Crippen LogP contribution is 2.06. The molecule has 0 spiro atoms. The topological polar surface area (TPSA) is 34.1 Å². The van der Waals surface area contributed by atoms with Gasteiger partial charge in [0.1, 0.15) is 5.01 Å². The molecule has 0 aromatic carbocycles. The number of nitrogens with zero attached hydrogens (tertiary/aromatic N) is 1. The van der Waals surface area contributed by atoms with Crippen LogP contribution in [-0.4, -0.2) is 24.7 Å². The van der Waals surface area contributed by atoms with Gasteiger partial charge in [-0.2, -0.15) is 0 Å². The lowest BCUT2D eigenvalue weighted by Crippen LogP contribution is -2.23. The maximum atomic E-state index is 5.51. The quantitative estimate of drug-likeness (QED) is 0.752. The lowest BCUT2D eigenvalue weighted by Gasteiger charge is -2.10. The van der Waals surface area contributed by atoms with Gasteiger partial charge in [0.05, 0.1) is 12.7 Å². The molecular formula is C8H14N2OS. The van der Waals surface area contributed by atoms with Crippen LogP contribution in [-0.2, 0) is 11.3 Å². The molecule has 0 saturated carbocycles. The minimum Gasteiger partial charge on any atom is -0.370 e. The van der Waals surface area contributed by atoms with E-state index >= 15 is 0 Å². The Morgan fingerprint density at radius 1 is 1.75 bits per heavy atom. The third kappa shape index (κ3) is 3.30. The summed E-state index contributed by atoms with van der Waals surface area (Å²) in [5, 5.41) is 6.06. The Balaban J connectivity index is 2.17. The van der Waals surface area contributed by atoms with Gasteiger partial charge in [0.25, 0.3) is 0 Å². The van der Waals surface area contributed by atoms with Crippen molar-refractivity contribution in [3.8, 4) is 0 Å². The molecule has 1 atom stereocenters. The van der Waals surface area contributed by atoms with E-state index < -0.39 is 0 Å². The number of thiazole rings is 1. The largest absolute Gasteiger partial charge is 0.370 e. The van der Waals surface area contributed by atoms with Crippen molar-refractivity contribution in [2.75, 3.05) is 13.6 Å². The van der Waals surface area contributed by atoms with Gasteiger partial charge in [-0.05, 0) is 14.0 Å². The van der Waals surface area contributed by atoms with Gasteiger partial charge in [0.15, 0.2) is 0 Å². The highest BCUT2D eigenvalue weighted by atomic mass is 32.1. The summed E-state index contributed by atoms with van der Waals surface area (Å²) in [6.45, 7) is 3.55. The average molecular weight is 186 g/mol. The van der Waals surface area contributed by atoms with Gasteiger partial charge in [-0.1, -0.05) is 0 Å². The summed E-state index contributed by atoms with van der Waals surface area (Å²) >= 11 is 1.63. The normalized spacial score (nSPS) is 13.2. The Morgan fingerprint density at radius 2 is 2.58 bits per heavy atom. The Kier molecular flexibility index (Phi) is 4.21. The fourth-order valence-corrected chi connectivity index (χ4v) is 1.42. The molecule has 0 aliphatic heterocycles. The van der Waals surface area contributed by atoms with E-state index in [0.29, 0.717) is 6.61 Å². The molecule has 68 valence electrons. The van der Waals surface area contributed by atoms with E-state index in [2.05, 4.69) is 10.3 Å². The first-order valence-electron chi connectivity index (χ1n) is 3.97. The lowest BCUT2D eigenvalue weighted by atomic mass is 10.4. The van der Waals surface area contributed by atoms with Crippen LogP contribution >= 0.6 is 11.3 Å². The van der Waals surface area contributed by atoms with Crippen LogP contribution in [0.4, 0.5) is 0 Å². The van der Waals surface area contributed by atoms with Gasteiger partial charge in [0.2, 0.25) is 0 Å². The molecule has 1 heterocycles. The average Bonchev–Trinajstić information content (AvgIpc) is 2.53. The molecule has 0 fully saturated rings. The summed E-state index contributed by atoms with van der Waals surface area (Å²) in [4.78, 5) is 4.12. The number of likely N-dealkylation sites (N-methyl/N-ethyl adjacent to an activating group) is 1. The smallest absolute Gasteiger partial charge is 0.118 e. The molecule has 1 N–H and O–H groups in total. The number of rotatable bonds is 5. The zero-order valence-corrected chi connectivity index (χ0v) is 8.23. The standard InChI is InChI=1S/C8H14N2OS/c1-7(5-9-2)11-6-8-10-3-4-12-8/h3-4,7,9H,5-6H2,1-2H3. The summed E-state index contributed by atoms with van der Waals surface area (Å²) in [6.07, 6.45) is 2.05. The maximum absolute atomic E-state index is 5.51. The highest BCUT2D eigenvalue weighted by molar-refractivity contribution is 7.09. The van der Waals surface area contributed by atoms with E-state index in [1.807, 2.05) is 19.4 Å². The second kappa shape index (κ2) is 5.24. The molecule has 0 aliphatic rings. The number of hydrogen-bond acceptors (Lipinski definition) is 4. The van der Waals surface area contributed by atoms with Crippen molar-refractivity contribution in [3.05, 3.63) is 16.6 Å². The summed E-state index contributed by atoms with van der Waals surface area (Å²) in [6, 6.07) is 0. The number of ether oxygens (including phenoxy) is 1. The van der Waals surface area contributed by atoms with Gasteiger partial charge < -0.3 is 10.1 Å². The fourth-order valence-electron chi connectivity index (χ4n) is 0.884. The first kappa shape index (κ1) is 9.64. The van der Waals surface area contributed by atoms with E-state index in [4.69, 9.17) is 4.74 Å². The summed E-state index contributed by atoms with van der Waals surface area (Å²) in [5.41, 5.74) is 0. The van der Waals surface area contributed by atoms with Crippen LogP contribution in [0.1, 0.15) is 11.9 Å². The molecule has 1 aromatic rings. The summed E-state index contributed by atoms with van der Waals surface area (Å²) in [5.74, 6) is 0. The fraction of sp³-hybridized carbons (Fsp3) is 0.625. The lowest BCUT2D eigenvalue weighted by molar-refractivity contribution is 0.0544. The van der Waals surface area contributed by atoms with Crippen molar-refractivity contribution in [2.45, 2.75) is 19.6 Å². The van der Waals surface area contributed by atoms with Gasteiger partial charge in [0, 0.05) is 18.1 Å². The van der Waals surface area contributed by atoms with Crippen LogP contribution in [0.5, 0.6) is 0 Å². The van der Waals surface area contributed by atoms with Gasteiger partial charge >= 0.3 is 0 Å². The zero-order chi connectivity index (χ0) is 8.81. The molecule has 0 saturated heterocycles. The van der Waals surface area contributed by atoms with Gasteiger partial charge in [-0.15, -0.1) is 11.3 Å². The Morgan fingerprint density at radius 3 is 3.17 bits per heavy atom. The Hall–Kier alpha value is -0.450. The van der Waals surface area contributed by atoms with E-state index in [-0.39, 0.29) is 6.10 Å². The number of nitrogens with one attached hydrogen (secondary N) is 1. The molecule has 4 heteroatoms. The summed E-state index contributed by atoms with van der Waals surface area (Å²) < 4.78 is 5.51. The van der Waals surface area contributed by atoms with Gasteiger partial charge in [-0.3, -0.25) is 0 Å². The van der Waals surface area contributed by atoms with Crippen molar-refractivity contribution in [1.82, 2.24) is 10.3 Å². The first-order valence-corrected chi connectivity index (χ1v) is 4.85. The van der Waals surface area contributed by atoms with Crippen LogP contribution < -0.4 is 5.32 Å². The van der Waals surface area contributed by atoms with E-state index in [1.165, 1.54) is 0 Å². The van der Waals surface area contributed by atoms with Gasteiger partial charge in [-0.25, -0.2) is 4.98 Å². The Labute approximate surface area is 76.8 Å². The molecule has 0 aliphatic carbocycles. The van der Waals surface area contributed by atoms with E-state index in [0.717, 1.165) is 11.6 Å². The first-order chi connectivity index (χ1) is 5.83. The minimum atomic E-state index is 0.249. The van der Waals surface area contributed by atoms with Crippen molar-refractivity contribution in [2.24, 2.45) is 0 Å². The molecule has 0 bridgehead atoms. The molecule has 12 heavy (non-hydrogen) atoms. The molecule has 0 amide bonds. The van der Waals surface area contributed by atoms with Crippen molar-refractivity contribution in [1.29, 1.82) is 0 Å². The van der Waals surface area contributed by atoms with E-state index in [1.54, 1.807) is 17.5 Å². The van der Waals surface area contributed by atoms with Crippen LogP contribution in [0.15, 0.2) is 11.6 Å². The van der Waals surface area contributed by atoms with Crippen LogP contribution in [0.3, 0.4) is 0 Å². The molecule has 1 rings (SSSR count). The van der Waals surface area contributed by atoms with Crippen molar-refractivity contribution < 1.29 is 4.74 Å². The predicted octanol–water partition coefficient (Wildman–Crippen LogP) is 1.27. The molecule has 3 nitrogen and oxygen atoms in total.